The van der Waals surface area contributed by atoms with E-state index in [1.165, 1.54) is 12.1 Å². The molecule has 0 aliphatic carbocycles. The zero-order valence-electron chi connectivity index (χ0n) is 12.4. The summed E-state index contributed by atoms with van der Waals surface area (Å²) in [5.41, 5.74) is 8.94. The minimum Gasteiger partial charge on any atom is -0.366 e. The number of primary amides is 1. The molecule has 0 heterocycles. The average molecular weight is 275 g/mol. The van der Waals surface area contributed by atoms with Gasteiger partial charge < -0.3 is 5.73 Å². The van der Waals surface area contributed by atoms with E-state index in [1.807, 2.05) is 32.9 Å². The number of allylic oxidation sites excluding steroid dienone is 2. The summed E-state index contributed by atoms with van der Waals surface area (Å²) in [5, 5.41) is 0. The molecule has 3 heteroatoms. The highest BCUT2D eigenvalue weighted by Gasteiger charge is 2.08. The lowest BCUT2D eigenvalue weighted by molar-refractivity contribution is -0.114. The van der Waals surface area contributed by atoms with Gasteiger partial charge in [0.05, 0.1) is 0 Å². The highest BCUT2D eigenvalue weighted by atomic mass is 19.1. The SMILES string of the molecule is CC/C(C)=C(/C=C(\CC)Cc1cccc(F)c1)C(N)=O. The van der Waals surface area contributed by atoms with Crippen molar-refractivity contribution >= 4 is 5.91 Å². The second kappa shape index (κ2) is 7.63. The van der Waals surface area contributed by atoms with Gasteiger partial charge in [-0.3, -0.25) is 4.79 Å². The van der Waals surface area contributed by atoms with Gasteiger partial charge in [0.15, 0.2) is 0 Å². The van der Waals surface area contributed by atoms with Crippen molar-refractivity contribution in [3.63, 3.8) is 0 Å². The van der Waals surface area contributed by atoms with Crippen LogP contribution in [0.2, 0.25) is 0 Å². The first-order valence-corrected chi connectivity index (χ1v) is 6.91. The number of carbonyl (C=O) groups excluding carboxylic acids is 1. The Kier molecular flexibility index (Phi) is 6.16. The lowest BCUT2D eigenvalue weighted by atomic mass is 9.98. The lowest BCUT2D eigenvalue weighted by Gasteiger charge is -2.08. The number of rotatable bonds is 6. The standard InChI is InChI=1S/C17H22FNO/c1-4-12(3)16(17(19)20)11-13(5-2)9-14-7-6-8-15(18)10-14/h6-8,10-11H,4-5,9H2,1-3H3,(H2,19,20)/b13-11+,16-12-. The van der Waals surface area contributed by atoms with Gasteiger partial charge in [-0.15, -0.1) is 0 Å². The second-order valence-corrected chi connectivity index (χ2v) is 4.87. The number of benzene rings is 1. The van der Waals surface area contributed by atoms with Crippen LogP contribution in [-0.4, -0.2) is 5.91 Å². The molecule has 0 bridgehead atoms. The summed E-state index contributed by atoms with van der Waals surface area (Å²) >= 11 is 0. The van der Waals surface area contributed by atoms with E-state index in [0.717, 1.165) is 29.6 Å². The Balaban J connectivity index is 3.06. The fourth-order valence-corrected chi connectivity index (χ4v) is 1.99. The van der Waals surface area contributed by atoms with Gasteiger partial charge in [0.25, 0.3) is 0 Å². The first-order chi connectivity index (χ1) is 9.47. The van der Waals surface area contributed by atoms with E-state index in [2.05, 4.69) is 0 Å². The highest BCUT2D eigenvalue weighted by Crippen LogP contribution is 2.17. The molecule has 1 rings (SSSR count). The van der Waals surface area contributed by atoms with Gasteiger partial charge in [-0.1, -0.05) is 43.2 Å². The van der Waals surface area contributed by atoms with Crippen LogP contribution < -0.4 is 5.73 Å². The van der Waals surface area contributed by atoms with Gasteiger partial charge in [-0.2, -0.15) is 0 Å². The predicted molar refractivity (Wildman–Crippen MR) is 80.7 cm³/mol. The number of nitrogens with two attached hydrogens (primary N) is 1. The summed E-state index contributed by atoms with van der Waals surface area (Å²) in [7, 11) is 0. The average Bonchev–Trinajstić information content (AvgIpc) is 2.42. The molecular formula is C17H22FNO. The molecule has 0 saturated carbocycles. The highest BCUT2D eigenvalue weighted by molar-refractivity contribution is 5.95. The third-order valence-electron chi connectivity index (χ3n) is 3.38. The van der Waals surface area contributed by atoms with E-state index in [4.69, 9.17) is 5.73 Å². The van der Waals surface area contributed by atoms with Gasteiger partial charge in [-0.25, -0.2) is 4.39 Å². The first kappa shape index (κ1) is 16.2. The molecule has 2 nitrogen and oxygen atoms in total. The Hall–Kier alpha value is -1.90. The maximum atomic E-state index is 13.2. The molecule has 0 saturated heterocycles. The maximum Gasteiger partial charge on any atom is 0.248 e. The van der Waals surface area contributed by atoms with E-state index in [1.54, 1.807) is 6.07 Å². The summed E-state index contributed by atoms with van der Waals surface area (Å²) in [6, 6.07) is 6.52. The fraction of sp³-hybridized carbons (Fsp3) is 0.353. The van der Waals surface area contributed by atoms with Crippen molar-refractivity contribution < 1.29 is 9.18 Å². The Morgan fingerprint density at radius 2 is 2.00 bits per heavy atom. The molecule has 2 N–H and O–H groups in total. The molecule has 0 fully saturated rings. The van der Waals surface area contributed by atoms with Crippen LogP contribution in [0, 0.1) is 5.82 Å². The van der Waals surface area contributed by atoms with Crippen molar-refractivity contribution in [2.75, 3.05) is 0 Å². The molecule has 0 radical (unpaired) electrons. The number of carbonyl (C=O) groups is 1. The maximum absolute atomic E-state index is 13.2. The van der Waals surface area contributed by atoms with Crippen LogP contribution in [0.3, 0.4) is 0 Å². The Bertz CT molecular complexity index is 544. The van der Waals surface area contributed by atoms with Crippen molar-refractivity contribution in [3.8, 4) is 0 Å². The minimum atomic E-state index is -0.408. The Morgan fingerprint density at radius 3 is 2.50 bits per heavy atom. The summed E-state index contributed by atoms with van der Waals surface area (Å²) in [6.45, 7) is 5.92. The van der Waals surface area contributed by atoms with Gasteiger partial charge in [0.1, 0.15) is 5.82 Å². The smallest absolute Gasteiger partial charge is 0.248 e. The molecule has 1 aromatic rings. The molecule has 0 spiro atoms. The van der Waals surface area contributed by atoms with E-state index >= 15 is 0 Å². The van der Waals surface area contributed by atoms with Crippen LogP contribution >= 0.6 is 0 Å². The van der Waals surface area contributed by atoms with Crippen molar-refractivity contribution in [2.24, 2.45) is 5.73 Å². The molecular weight excluding hydrogens is 253 g/mol. The summed E-state index contributed by atoms with van der Waals surface area (Å²) in [6.07, 6.45) is 4.06. The van der Waals surface area contributed by atoms with Gasteiger partial charge in [0.2, 0.25) is 5.91 Å². The molecule has 1 aromatic carbocycles. The van der Waals surface area contributed by atoms with Crippen LogP contribution in [0.15, 0.2) is 47.1 Å². The van der Waals surface area contributed by atoms with Gasteiger partial charge in [0, 0.05) is 5.57 Å². The van der Waals surface area contributed by atoms with Crippen LogP contribution in [0.25, 0.3) is 0 Å². The van der Waals surface area contributed by atoms with E-state index in [0.29, 0.717) is 12.0 Å². The third-order valence-corrected chi connectivity index (χ3v) is 3.38. The molecule has 0 unspecified atom stereocenters. The van der Waals surface area contributed by atoms with Gasteiger partial charge >= 0.3 is 0 Å². The number of hydrogen-bond donors (Lipinski definition) is 1. The Labute approximate surface area is 120 Å². The fourth-order valence-electron chi connectivity index (χ4n) is 1.99. The number of amides is 1. The van der Waals surface area contributed by atoms with Crippen molar-refractivity contribution in [2.45, 2.75) is 40.0 Å². The second-order valence-electron chi connectivity index (χ2n) is 4.87. The molecule has 0 aromatic heterocycles. The molecule has 20 heavy (non-hydrogen) atoms. The summed E-state index contributed by atoms with van der Waals surface area (Å²) < 4.78 is 13.2. The van der Waals surface area contributed by atoms with Crippen molar-refractivity contribution in [1.82, 2.24) is 0 Å². The topological polar surface area (TPSA) is 43.1 Å². The van der Waals surface area contributed by atoms with Crippen molar-refractivity contribution in [1.29, 1.82) is 0 Å². The van der Waals surface area contributed by atoms with E-state index in [9.17, 15) is 9.18 Å². The summed E-state index contributed by atoms with van der Waals surface area (Å²) in [5.74, 6) is -0.650. The first-order valence-electron chi connectivity index (χ1n) is 6.91. The third kappa shape index (κ3) is 4.65. The molecule has 0 atom stereocenters. The molecule has 0 aliphatic rings. The Morgan fingerprint density at radius 1 is 1.30 bits per heavy atom. The largest absolute Gasteiger partial charge is 0.366 e. The normalized spacial score (nSPS) is 13.1. The van der Waals surface area contributed by atoms with Crippen LogP contribution in [-0.2, 0) is 11.2 Å². The molecule has 0 aliphatic heterocycles. The summed E-state index contributed by atoms with van der Waals surface area (Å²) in [4.78, 5) is 11.5. The van der Waals surface area contributed by atoms with Crippen LogP contribution in [0.4, 0.5) is 4.39 Å². The number of halogens is 1. The monoisotopic (exact) mass is 275 g/mol. The van der Waals surface area contributed by atoms with Crippen LogP contribution in [0.1, 0.15) is 39.2 Å². The van der Waals surface area contributed by atoms with Crippen molar-refractivity contribution in [3.05, 3.63) is 58.4 Å². The number of hydrogen-bond acceptors (Lipinski definition) is 1. The zero-order chi connectivity index (χ0) is 15.1. The molecule has 1 amide bonds. The molecule has 108 valence electrons. The quantitative estimate of drug-likeness (QED) is 0.620. The van der Waals surface area contributed by atoms with Gasteiger partial charge in [-0.05, 0) is 43.9 Å². The van der Waals surface area contributed by atoms with E-state index < -0.39 is 5.91 Å². The van der Waals surface area contributed by atoms with Crippen LogP contribution in [0.5, 0.6) is 0 Å². The minimum absolute atomic E-state index is 0.242. The lowest BCUT2D eigenvalue weighted by Crippen LogP contribution is -2.14. The predicted octanol–water partition coefficient (Wildman–Crippen LogP) is 3.92. The zero-order valence-corrected chi connectivity index (χ0v) is 12.4. The van der Waals surface area contributed by atoms with E-state index in [-0.39, 0.29) is 5.82 Å².